The highest BCUT2D eigenvalue weighted by Gasteiger charge is 2.14. The fourth-order valence-corrected chi connectivity index (χ4v) is 4.19. The monoisotopic (exact) mass is 396 g/mol. The predicted molar refractivity (Wildman–Crippen MR) is 109 cm³/mol. The third-order valence-electron chi connectivity index (χ3n) is 4.87. The fraction of sp³-hybridized carbons (Fsp3) is 0.381. The van der Waals surface area contributed by atoms with E-state index < -0.39 is 0 Å². The number of carbonyl (C=O) groups is 1. The zero-order chi connectivity index (χ0) is 19.2. The van der Waals surface area contributed by atoms with Crippen LogP contribution in [0.25, 0.3) is 5.57 Å². The Kier molecular flexibility index (Phi) is 6.36. The minimum atomic E-state index is 0.0807. The highest BCUT2D eigenvalue weighted by Crippen LogP contribution is 2.23. The number of nitrogens with one attached hydrogen (secondary N) is 1. The second kappa shape index (κ2) is 9.32. The Morgan fingerprint density at radius 3 is 2.93 bits per heavy atom. The molecule has 1 aromatic carbocycles. The topological polar surface area (TPSA) is 66.8 Å². The van der Waals surface area contributed by atoms with E-state index in [-0.39, 0.29) is 5.91 Å². The number of ether oxygens (including phenoxy) is 1. The molecule has 7 heteroatoms. The van der Waals surface area contributed by atoms with Crippen LogP contribution in [0.5, 0.6) is 0 Å². The van der Waals surface area contributed by atoms with E-state index in [0.717, 1.165) is 34.8 Å². The van der Waals surface area contributed by atoms with Crippen molar-refractivity contribution in [1.29, 1.82) is 0 Å². The SMILES string of the molecule is O=C(CN1CCOCC1)NCCC1=c2cc(Sc3ccccn3)ccc2=NC1. The van der Waals surface area contributed by atoms with Crippen molar-refractivity contribution in [3.8, 4) is 0 Å². The quantitative estimate of drug-likeness (QED) is 0.752. The van der Waals surface area contributed by atoms with Crippen molar-refractivity contribution in [1.82, 2.24) is 15.2 Å². The number of morpholine rings is 1. The van der Waals surface area contributed by atoms with Gasteiger partial charge in [-0.05, 0) is 42.3 Å². The van der Waals surface area contributed by atoms with Gasteiger partial charge in [0.1, 0.15) is 5.03 Å². The maximum Gasteiger partial charge on any atom is 0.234 e. The van der Waals surface area contributed by atoms with E-state index >= 15 is 0 Å². The highest BCUT2D eigenvalue weighted by molar-refractivity contribution is 7.99. The van der Waals surface area contributed by atoms with E-state index in [0.29, 0.717) is 32.8 Å². The number of pyridine rings is 1. The van der Waals surface area contributed by atoms with E-state index in [2.05, 4.69) is 38.4 Å². The van der Waals surface area contributed by atoms with Gasteiger partial charge in [-0.25, -0.2) is 4.98 Å². The van der Waals surface area contributed by atoms with Gasteiger partial charge in [0.25, 0.3) is 0 Å². The molecule has 1 saturated heterocycles. The lowest BCUT2D eigenvalue weighted by Crippen LogP contribution is -2.43. The molecule has 4 rings (SSSR count). The van der Waals surface area contributed by atoms with Crippen molar-refractivity contribution >= 4 is 23.2 Å². The van der Waals surface area contributed by atoms with Crippen molar-refractivity contribution in [2.45, 2.75) is 16.3 Å². The molecule has 0 spiro atoms. The van der Waals surface area contributed by atoms with Crippen LogP contribution in [0.2, 0.25) is 0 Å². The molecule has 2 aliphatic heterocycles. The van der Waals surface area contributed by atoms with Crippen LogP contribution in [0.3, 0.4) is 0 Å². The number of amides is 1. The Morgan fingerprint density at radius 2 is 2.11 bits per heavy atom. The minimum Gasteiger partial charge on any atom is -0.379 e. The van der Waals surface area contributed by atoms with Gasteiger partial charge in [-0.3, -0.25) is 14.7 Å². The van der Waals surface area contributed by atoms with Crippen LogP contribution in [-0.2, 0) is 9.53 Å². The molecular weight excluding hydrogens is 372 g/mol. The Hall–Kier alpha value is -2.22. The van der Waals surface area contributed by atoms with Crippen LogP contribution in [0.1, 0.15) is 6.42 Å². The first-order chi connectivity index (χ1) is 13.8. The zero-order valence-corrected chi connectivity index (χ0v) is 16.6. The molecule has 1 aromatic heterocycles. The lowest BCUT2D eigenvalue weighted by Gasteiger charge is -2.25. The summed E-state index contributed by atoms with van der Waals surface area (Å²) in [4.78, 5) is 24.4. The molecule has 1 fully saturated rings. The summed E-state index contributed by atoms with van der Waals surface area (Å²) >= 11 is 1.65. The van der Waals surface area contributed by atoms with Crippen molar-refractivity contribution < 1.29 is 9.53 Å². The average Bonchev–Trinajstić information content (AvgIpc) is 3.12. The molecular formula is C21H24N4O2S. The van der Waals surface area contributed by atoms with E-state index in [4.69, 9.17) is 4.74 Å². The first kappa shape index (κ1) is 19.1. The van der Waals surface area contributed by atoms with E-state index in [1.807, 2.05) is 24.4 Å². The summed E-state index contributed by atoms with van der Waals surface area (Å²) in [6.45, 7) is 4.88. The van der Waals surface area contributed by atoms with Gasteiger partial charge in [0.2, 0.25) is 5.91 Å². The molecule has 3 heterocycles. The van der Waals surface area contributed by atoms with Crippen LogP contribution in [-0.4, -0.2) is 61.7 Å². The molecule has 0 bridgehead atoms. The number of nitrogens with zero attached hydrogens (tertiary/aromatic N) is 3. The normalized spacial score (nSPS) is 16.5. The molecule has 28 heavy (non-hydrogen) atoms. The van der Waals surface area contributed by atoms with Crippen molar-refractivity contribution in [3.05, 3.63) is 53.2 Å². The first-order valence-corrected chi connectivity index (χ1v) is 10.4. The van der Waals surface area contributed by atoms with Gasteiger partial charge in [0.05, 0.1) is 31.7 Å². The number of hydrogen-bond donors (Lipinski definition) is 1. The van der Waals surface area contributed by atoms with Gasteiger partial charge in [-0.15, -0.1) is 0 Å². The van der Waals surface area contributed by atoms with Gasteiger partial charge < -0.3 is 10.1 Å². The Morgan fingerprint density at radius 1 is 1.21 bits per heavy atom. The van der Waals surface area contributed by atoms with Gasteiger partial charge in [0.15, 0.2) is 0 Å². The summed E-state index contributed by atoms with van der Waals surface area (Å²) in [6, 6.07) is 12.3. The van der Waals surface area contributed by atoms with E-state index in [1.54, 1.807) is 11.8 Å². The van der Waals surface area contributed by atoms with Crippen molar-refractivity contribution in [3.63, 3.8) is 0 Å². The molecule has 1 N–H and O–H groups in total. The summed E-state index contributed by atoms with van der Waals surface area (Å²) in [5, 5.41) is 6.26. The number of aromatic nitrogens is 1. The molecule has 0 saturated carbocycles. The van der Waals surface area contributed by atoms with Crippen LogP contribution in [0.4, 0.5) is 0 Å². The highest BCUT2D eigenvalue weighted by atomic mass is 32.2. The number of hydrogen-bond acceptors (Lipinski definition) is 6. The number of fused-ring (bicyclic) bond motifs is 1. The zero-order valence-electron chi connectivity index (χ0n) is 15.8. The summed E-state index contributed by atoms with van der Waals surface area (Å²) < 4.78 is 5.32. The number of rotatable bonds is 7. The van der Waals surface area contributed by atoms with E-state index in [1.165, 1.54) is 10.8 Å². The molecule has 0 atom stereocenters. The van der Waals surface area contributed by atoms with Gasteiger partial charge in [0, 0.05) is 35.9 Å². The van der Waals surface area contributed by atoms with Crippen LogP contribution in [0.15, 0.2) is 57.5 Å². The van der Waals surface area contributed by atoms with Crippen LogP contribution < -0.4 is 15.9 Å². The molecule has 146 valence electrons. The fourth-order valence-electron chi connectivity index (χ4n) is 3.38. The molecule has 6 nitrogen and oxygen atoms in total. The summed E-state index contributed by atoms with van der Waals surface area (Å²) in [5.41, 5.74) is 1.28. The first-order valence-electron chi connectivity index (χ1n) is 9.60. The van der Waals surface area contributed by atoms with E-state index in [9.17, 15) is 4.79 Å². The number of carbonyl (C=O) groups excluding carboxylic acids is 1. The average molecular weight is 397 g/mol. The molecule has 2 aromatic rings. The third kappa shape index (κ3) is 4.98. The predicted octanol–water partition coefficient (Wildman–Crippen LogP) is 0.855. The lowest BCUT2D eigenvalue weighted by atomic mass is 10.1. The summed E-state index contributed by atoms with van der Waals surface area (Å²) in [6.07, 6.45) is 2.63. The van der Waals surface area contributed by atoms with Crippen molar-refractivity contribution in [2.24, 2.45) is 4.99 Å². The Balaban J connectivity index is 1.35. The maximum atomic E-state index is 12.2. The lowest BCUT2D eigenvalue weighted by molar-refractivity contribution is -0.123. The van der Waals surface area contributed by atoms with Gasteiger partial charge >= 0.3 is 0 Å². The van der Waals surface area contributed by atoms with Gasteiger partial charge in [-0.2, -0.15) is 0 Å². The molecule has 2 aliphatic rings. The summed E-state index contributed by atoms with van der Waals surface area (Å²) in [5.74, 6) is 0.0807. The molecule has 0 unspecified atom stereocenters. The molecule has 0 radical (unpaired) electrons. The van der Waals surface area contributed by atoms with Crippen LogP contribution in [0, 0.1) is 0 Å². The Bertz CT molecular complexity index is 943. The van der Waals surface area contributed by atoms with Crippen molar-refractivity contribution in [2.75, 3.05) is 45.9 Å². The number of benzene rings is 1. The van der Waals surface area contributed by atoms with Crippen LogP contribution >= 0.6 is 11.8 Å². The Labute approximate surface area is 168 Å². The molecule has 1 amide bonds. The minimum absolute atomic E-state index is 0.0807. The third-order valence-corrected chi connectivity index (χ3v) is 5.81. The smallest absolute Gasteiger partial charge is 0.234 e. The second-order valence-corrected chi connectivity index (χ2v) is 7.95. The standard InChI is InChI=1S/C21H24N4O2S/c26-20(15-25-9-11-27-12-10-25)22-8-6-16-14-24-19-5-4-17(13-18(16)19)28-21-3-1-2-7-23-21/h1-5,7,13H,6,8-12,14-15H2,(H,22,26). The molecule has 0 aliphatic carbocycles. The summed E-state index contributed by atoms with van der Waals surface area (Å²) in [7, 11) is 0. The van der Waals surface area contributed by atoms with Gasteiger partial charge in [-0.1, -0.05) is 17.8 Å². The largest absolute Gasteiger partial charge is 0.379 e. The second-order valence-electron chi connectivity index (χ2n) is 6.86. The maximum absolute atomic E-state index is 12.2.